The fraction of sp³-hybridized carbons (Fsp3) is 0.160. The van der Waals surface area contributed by atoms with Crippen LogP contribution >= 0.6 is 0 Å². The van der Waals surface area contributed by atoms with Crippen LogP contribution in [0.25, 0.3) is 22.5 Å². The second-order valence-electron chi connectivity index (χ2n) is 7.56. The Bertz CT molecular complexity index is 1190. The van der Waals surface area contributed by atoms with E-state index in [-0.39, 0.29) is 17.8 Å². The highest BCUT2D eigenvalue weighted by Crippen LogP contribution is 2.33. The maximum Gasteiger partial charge on any atom is 0.254 e. The molecule has 1 aromatic heterocycles. The minimum atomic E-state index is -0.321. The number of aromatic nitrogens is 2. The van der Waals surface area contributed by atoms with Crippen molar-refractivity contribution in [3.8, 4) is 22.5 Å². The first kappa shape index (κ1) is 19.2. The van der Waals surface area contributed by atoms with Crippen molar-refractivity contribution in [2.45, 2.75) is 18.9 Å². The summed E-state index contributed by atoms with van der Waals surface area (Å²) in [5.41, 5.74) is 3.48. The van der Waals surface area contributed by atoms with Gasteiger partial charge < -0.3 is 9.42 Å². The minimum Gasteiger partial charge on any atom is -0.337 e. The average molecular weight is 413 g/mol. The minimum absolute atomic E-state index is 0.0522. The van der Waals surface area contributed by atoms with Crippen LogP contribution in [0.2, 0.25) is 0 Å². The van der Waals surface area contributed by atoms with Crippen molar-refractivity contribution in [1.29, 1.82) is 0 Å². The van der Waals surface area contributed by atoms with Crippen LogP contribution in [0, 0.1) is 5.82 Å². The number of carbonyl (C=O) groups excluding carboxylic acids is 1. The summed E-state index contributed by atoms with van der Waals surface area (Å²) in [6.07, 6.45) is 1.63. The Morgan fingerprint density at radius 1 is 0.903 bits per heavy atom. The van der Waals surface area contributed by atoms with Gasteiger partial charge in [-0.25, -0.2) is 4.39 Å². The molecule has 0 aliphatic carbocycles. The van der Waals surface area contributed by atoms with Gasteiger partial charge in [0.15, 0.2) is 0 Å². The quantitative estimate of drug-likeness (QED) is 0.442. The van der Waals surface area contributed by atoms with E-state index in [1.54, 1.807) is 17.0 Å². The molecule has 0 saturated carbocycles. The molecule has 154 valence electrons. The third-order valence-electron chi connectivity index (χ3n) is 5.58. The summed E-state index contributed by atoms with van der Waals surface area (Å²) in [6.45, 7) is 0.637. The highest BCUT2D eigenvalue weighted by Gasteiger charge is 2.34. The SMILES string of the molecule is O=C(c1ccc(-c2ccccc2)cc1)N1CCCC1c1nc(-c2ccc(F)cc2)no1. The predicted octanol–water partition coefficient (Wildman–Crippen LogP) is 5.52. The molecule has 1 amide bonds. The molecule has 1 aliphatic rings. The smallest absolute Gasteiger partial charge is 0.254 e. The van der Waals surface area contributed by atoms with Crippen molar-refractivity contribution in [3.63, 3.8) is 0 Å². The summed E-state index contributed by atoms with van der Waals surface area (Å²) in [6, 6.07) is 23.4. The first-order valence-electron chi connectivity index (χ1n) is 10.2. The van der Waals surface area contributed by atoms with Gasteiger partial charge in [-0.15, -0.1) is 0 Å². The summed E-state index contributed by atoms with van der Waals surface area (Å²) in [5.74, 6) is 0.426. The summed E-state index contributed by atoms with van der Waals surface area (Å²) >= 11 is 0. The van der Waals surface area contributed by atoms with Gasteiger partial charge in [0.05, 0.1) is 0 Å². The van der Waals surface area contributed by atoms with Crippen LogP contribution in [-0.4, -0.2) is 27.5 Å². The van der Waals surface area contributed by atoms with Gasteiger partial charge in [0.2, 0.25) is 11.7 Å². The second kappa shape index (κ2) is 8.14. The van der Waals surface area contributed by atoms with Crippen molar-refractivity contribution in [1.82, 2.24) is 15.0 Å². The van der Waals surface area contributed by atoms with Gasteiger partial charge in [0.25, 0.3) is 5.91 Å². The molecular formula is C25H20FN3O2. The summed E-state index contributed by atoms with van der Waals surface area (Å²) in [5, 5.41) is 4.03. The number of hydrogen-bond acceptors (Lipinski definition) is 4. The van der Waals surface area contributed by atoms with E-state index in [0.717, 1.165) is 24.0 Å². The first-order chi connectivity index (χ1) is 15.2. The largest absolute Gasteiger partial charge is 0.337 e. The molecule has 1 unspecified atom stereocenters. The first-order valence-corrected chi connectivity index (χ1v) is 10.2. The van der Waals surface area contributed by atoms with Gasteiger partial charge >= 0.3 is 0 Å². The van der Waals surface area contributed by atoms with Crippen LogP contribution < -0.4 is 0 Å². The molecule has 1 saturated heterocycles. The van der Waals surface area contributed by atoms with E-state index in [1.165, 1.54) is 12.1 Å². The number of halogens is 1. The third kappa shape index (κ3) is 3.84. The number of nitrogens with zero attached hydrogens (tertiary/aromatic N) is 3. The van der Waals surface area contributed by atoms with Crippen molar-refractivity contribution < 1.29 is 13.7 Å². The number of rotatable bonds is 4. The summed E-state index contributed by atoms with van der Waals surface area (Å²) in [7, 11) is 0. The zero-order valence-electron chi connectivity index (χ0n) is 16.7. The molecule has 0 radical (unpaired) electrons. The molecule has 0 spiro atoms. The molecule has 4 aromatic rings. The maximum atomic E-state index is 13.2. The number of hydrogen-bond donors (Lipinski definition) is 0. The molecule has 5 rings (SSSR count). The van der Waals surface area contributed by atoms with Crippen molar-refractivity contribution in [3.05, 3.63) is 96.1 Å². The average Bonchev–Trinajstić information content (AvgIpc) is 3.50. The van der Waals surface area contributed by atoms with Crippen LogP contribution in [0.3, 0.4) is 0 Å². The molecule has 5 nitrogen and oxygen atoms in total. The number of benzene rings is 3. The number of carbonyl (C=O) groups is 1. The van der Waals surface area contributed by atoms with Crippen LogP contribution in [0.15, 0.2) is 83.4 Å². The van der Waals surface area contributed by atoms with Gasteiger partial charge in [-0.05, 0) is 60.4 Å². The number of likely N-dealkylation sites (tertiary alicyclic amines) is 1. The zero-order valence-corrected chi connectivity index (χ0v) is 16.7. The molecule has 2 heterocycles. The Hall–Kier alpha value is -3.80. The topological polar surface area (TPSA) is 59.2 Å². The van der Waals surface area contributed by atoms with Gasteiger partial charge in [0.1, 0.15) is 11.9 Å². The Morgan fingerprint density at radius 3 is 2.32 bits per heavy atom. The fourth-order valence-electron chi connectivity index (χ4n) is 3.95. The lowest BCUT2D eigenvalue weighted by Crippen LogP contribution is -2.30. The van der Waals surface area contributed by atoms with E-state index >= 15 is 0 Å². The number of amides is 1. The van der Waals surface area contributed by atoms with E-state index in [4.69, 9.17) is 4.52 Å². The highest BCUT2D eigenvalue weighted by molar-refractivity contribution is 5.95. The van der Waals surface area contributed by atoms with E-state index < -0.39 is 0 Å². The normalized spacial score (nSPS) is 15.9. The Balaban J connectivity index is 1.35. The Kier molecular flexibility index (Phi) is 5.04. The van der Waals surface area contributed by atoms with Gasteiger partial charge in [0, 0.05) is 17.7 Å². The monoisotopic (exact) mass is 413 g/mol. The van der Waals surface area contributed by atoms with Crippen molar-refractivity contribution in [2.24, 2.45) is 0 Å². The van der Waals surface area contributed by atoms with Crippen LogP contribution in [0.1, 0.15) is 35.1 Å². The molecule has 0 bridgehead atoms. The maximum absolute atomic E-state index is 13.2. The molecule has 1 fully saturated rings. The van der Waals surface area contributed by atoms with Crippen LogP contribution in [0.5, 0.6) is 0 Å². The lowest BCUT2D eigenvalue weighted by Gasteiger charge is -2.22. The van der Waals surface area contributed by atoms with E-state index in [0.29, 0.717) is 29.4 Å². The standard InChI is InChI=1S/C25H20FN3O2/c26-21-14-12-19(13-15-21)23-27-24(31-28-23)22-7-4-16-29(22)25(30)20-10-8-18(9-11-20)17-5-2-1-3-6-17/h1-3,5-6,8-15,22H,4,7,16H2. The molecule has 31 heavy (non-hydrogen) atoms. The molecule has 1 aliphatic heterocycles. The molecule has 0 N–H and O–H groups in total. The van der Waals surface area contributed by atoms with E-state index in [1.807, 2.05) is 54.6 Å². The highest BCUT2D eigenvalue weighted by atomic mass is 19.1. The van der Waals surface area contributed by atoms with Crippen molar-refractivity contribution >= 4 is 5.91 Å². The summed E-state index contributed by atoms with van der Waals surface area (Å²) in [4.78, 5) is 19.5. The summed E-state index contributed by atoms with van der Waals surface area (Å²) < 4.78 is 18.6. The molecule has 6 heteroatoms. The van der Waals surface area contributed by atoms with Gasteiger partial charge in [-0.2, -0.15) is 4.98 Å². The Labute approximate surface area is 179 Å². The van der Waals surface area contributed by atoms with E-state index in [2.05, 4.69) is 10.1 Å². The van der Waals surface area contributed by atoms with Gasteiger partial charge in [-0.1, -0.05) is 47.6 Å². The van der Waals surface area contributed by atoms with Crippen LogP contribution in [-0.2, 0) is 0 Å². The lowest BCUT2D eigenvalue weighted by atomic mass is 10.0. The van der Waals surface area contributed by atoms with Gasteiger partial charge in [-0.3, -0.25) is 4.79 Å². The van der Waals surface area contributed by atoms with Crippen molar-refractivity contribution in [2.75, 3.05) is 6.54 Å². The predicted molar refractivity (Wildman–Crippen MR) is 115 cm³/mol. The fourth-order valence-corrected chi connectivity index (χ4v) is 3.95. The van der Waals surface area contributed by atoms with E-state index in [9.17, 15) is 9.18 Å². The third-order valence-corrected chi connectivity index (χ3v) is 5.58. The lowest BCUT2D eigenvalue weighted by molar-refractivity contribution is 0.0710. The molecule has 1 atom stereocenters. The zero-order chi connectivity index (χ0) is 21.2. The Morgan fingerprint density at radius 2 is 1.58 bits per heavy atom. The molecular weight excluding hydrogens is 393 g/mol. The molecule has 3 aromatic carbocycles. The van der Waals surface area contributed by atoms with Crippen LogP contribution in [0.4, 0.5) is 4.39 Å². The second-order valence-corrected chi connectivity index (χ2v) is 7.56.